The summed E-state index contributed by atoms with van der Waals surface area (Å²) in [5.74, 6) is -1.84. The molecule has 0 aliphatic heterocycles. The number of thioether (sulfide) groups is 1. The number of nitrogens with one attached hydrogen (secondary N) is 2. The molecular formula is C21H18FN3O4S2. The minimum atomic E-state index is -1.03. The lowest BCUT2D eigenvalue weighted by molar-refractivity contribution is -0.138. The zero-order chi connectivity index (χ0) is 22.2. The highest BCUT2D eigenvalue weighted by atomic mass is 32.2. The summed E-state index contributed by atoms with van der Waals surface area (Å²) in [6, 6.07) is 12.9. The summed E-state index contributed by atoms with van der Waals surface area (Å²) >= 11 is 2.57. The molecular weight excluding hydrogens is 441 g/mol. The number of amides is 2. The van der Waals surface area contributed by atoms with Crippen LogP contribution in [0.3, 0.4) is 0 Å². The van der Waals surface area contributed by atoms with E-state index in [9.17, 15) is 18.8 Å². The van der Waals surface area contributed by atoms with Gasteiger partial charge in [0.2, 0.25) is 11.8 Å². The van der Waals surface area contributed by atoms with Gasteiger partial charge in [-0.3, -0.25) is 14.4 Å². The first kappa shape index (κ1) is 22.4. The normalized spacial score (nSPS) is 10.5. The lowest BCUT2D eigenvalue weighted by Gasteiger charge is -2.07. The van der Waals surface area contributed by atoms with Gasteiger partial charge in [-0.2, -0.15) is 0 Å². The number of nitrogens with zero attached hydrogens (tertiary/aromatic N) is 1. The molecule has 0 saturated carbocycles. The Bertz CT molecular complexity index is 1090. The fourth-order valence-corrected chi connectivity index (χ4v) is 3.99. The van der Waals surface area contributed by atoms with Gasteiger partial charge in [0, 0.05) is 27.9 Å². The van der Waals surface area contributed by atoms with E-state index < -0.39 is 5.97 Å². The summed E-state index contributed by atoms with van der Waals surface area (Å²) in [5.41, 5.74) is 1.94. The van der Waals surface area contributed by atoms with E-state index in [2.05, 4.69) is 15.6 Å². The number of carboxylic acid groups (broad SMARTS) is 1. The highest BCUT2D eigenvalue weighted by molar-refractivity contribution is 8.00. The largest absolute Gasteiger partial charge is 0.481 e. The molecule has 3 aromatic rings. The fraction of sp³-hybridized carbons (Fsp3) is 0.143. The van der Waals surface area contributed by atoms with Crippen molar-refractivity contribution in [3.05, 3.63) is 59.7 Å². The summed E-state index contributed by atoms with van der Waals surface area (Å²) in [6.45, 7) is 0. The number of carbonyl (C=O) groups excluding carboxylic acids is 2. The van der Waals surface area contributed by atoms with Crippen molar-refractivity contribution in [3.63, 3.8) is 0 Å². The molecule has 2 amide bonds. The highest BCUT2D eigenvalue weighted by Gasteiger charge is 2.10. The summed E-state index contributed by atoms with van der Waals surface area (Å²) in [5, 5.41) is 16.2. The van der Waals surface area contributed by atoms with Gasteiger partial charge in [0.25, 0.3) is 0 Å². The number of anilines is 2. The molecule has 3 rings (SSSR count). The molecule has 0 unspecified atom stereocenters. The van der Waals surface area contributed by atoms with E-state index >= 15 is 0 Å². The maximum Gasteiger partial charge on any atom is 0.303 e. The van der Waals surface area contributed by atoms with Crippen LogP contribution in [0.4, 0.5) is 15.2 Å². The van der Waals surface area contributed by atoms with Crippen LogP contribution in [0.1, 0.15) is 12.8 Å². The van der Waals surface area contributed by atoms with E-state index in [1.165, 1.54) is 35.2 Å². The molecule has 1 aromatic heterocycles. The maximum atomic E-state index is 13.0. The van der Waals surface area contributed by atoms with Gasteiger partial charge in [-0.05, 0) is 42.5 Å². The molecule has 0 atom stereocenters. The van der Waals surface area contributed by atoms with Crippen LogP contribution in [0.5, 0.6) is 0 Å². The van der Waals surface area contributed by atoms with Crippen LogP contribution >= 0.6 is 23.1 Å². The summed E-state index contributed by atoms with van der Waals surface area (Å²) in [6.07, 6.45) is -0.344. The lowest BCUT2D eigenvalue weighted by Crippen LogP contribution is -2.14. The van der Waals surface area contributed by atoms with Gasteiger partial charge in [-0.25, -0.2) is 9.37 Å². The molecule has 3 N–H and O–H groups in total. The molecule has 0 aliphatic carbocycles. The number of thiazole rings is 1. The standard InChI is InChI=1S/C21H18FN3O4S2/c22-14-6-4-13(5-7-14)17-11-31-21(24-17)25-19(27)12-30-16-3-1-2-15(10-16)23-18(26)8-9-20(28)29/h1-7,10-11H,8-9,12H2,(H,23,26)(H,28,29)(H,24,25,27). The second-order valence-electron chi connectivity index (χ2n) is 6.35. The molecule has 0 aliphatic rings. The van der Waals surface area contributed by atoms with Crippen molar-refractivity contribution in [1.29, 1.82) is 0 Å². The van der Waals surface area contributed by atoms with Crippen molar-refractivity contribution >= 4 is 51.7 Å². The maximum absolute atomic E-state index is 13.0. The topological polar surface area (TPSA) is 108 Å². The monoisotopic (exact) mass is 459 g/mol. The van der Waals surface area contributed by atoms with E-state index in [-0.39, 0.29) is 36.2 Å². The van der Waals surface area contributed by atoms with Gasteiger partial charge in [-0.1, -0.05) is 6.07 Å². The molecule has 31 heavy (non-hydrogen) atoms. The summed E-state index contributed by atoms with van der Waals surface area (Å²) in [7, 11) is 0. The van der Waals surface area contributed by atoms with Gasteiger partial charge in [0.15, 0.2) is 5.13 Å². The van der Waals surface area contributed by atoms with E-state index in [4.69, 9.17) is 5.11 Å². The number of carboxylic acids is 1. The number of hydrogen-bond donors (Lipinski definition) is 3. The minimum absolute atomic E-state index is 0.108. The molecule has 160 valence electrons. The van der Waals surface area contributed by atoms with Gasteiger partial charge >= 0.3 is 5.97 Å². The van der Waals surface area contributed by atoms with Crippen LogP contribution in [0, 0.1) is 5.82 Å². The smallest absolute Gasteiger partial charge is 0.303 e. The van der Waals surface area contributed by atoms with Crippen molar-refractivity contribution in [1.82, 2.24) is 4.98 Å². The highest BCUT2D eigenvalue weighted by Crippen LogP contribution is 2.26. The van der Waals surface area contributed by atoms with Crippen LogP contribution in [-0.4, -0.2) is 33.6 Å². The number of benzene rings is 2. The number of aromatic nitrogens is 1. The third-order valence-corrected chi connectivity index (χ3v) is 5.70. The molecule has 0 bridgehead atoms. The zero-order valence-corrected chi connectivity index (χ0v) is 17.8. The molecule has 0 radical (unpaired) electrons. The van der Waals surface area contributed by atoms with E-state index in [0.29, 0.717) is 16.5 Å². The van der Waals surface area contributed by atoms with Gasteiger partial charge < -0.3 is 15.7 Å². The Morgan fingerprint density at radius 2 is 1.81 bits per heavy atom. The van der Waals surface area contributed by atoms with Crippen molar-refractivity contribution in [3.8, 4) is 11.3 Å². The van der Waals surface area contributed by atoms with Crippen molar-refractivity contribution in [2.45, 2.75) is 17.7 Å². The number of rotatable bonds is 9. The second-order valence-corrected chi connectivity index (χ2v) is 8.26. The average molecular weight is 460 g/mol. The molecule has 2 aromatic carbocycles. The van der Waals surface area contributed by atoms with Crippen molar-refractivity contribution < 1.29 is 23.9 Å². The SMILES string of the molecule is O=C(O)CCC(=O)Nc1cccc(SCC(=O)Nc2nc(-c3ccc(F)cc3)cs2)c1. The van der Waals surface area contributed by atoms with Crippen LogP contribution in [-0.2, 0) is 14.4 Å². The van der Waals surface area contributed by atoms with Gasteiger partial charge in [0.05, 0.1) is 17.9 Å². The minimum Gasteiger partial charge on any atom is -0.481 e. The molecule has 1 heterocycles. The Labute approximate surface area is 185 Å². The van der Waals surface area contributed by atoms with E-state index in [1.807, 2.05) is 0 Å². The molecule has 0 saturated heterocycles. The first-order chi connectivity index (χ1) is 14.9. The van der Waals surface area contributed by atoms with Crippen molar-refractivity contribution in [2.75, 3.05) is 16.4 Å². The fourth-order valence-electron chi connectivity index (χ4n) is 2.50. The predicted molar refractivity (Wildman–Crippen MR) is 119 cm³/mol. The quantitative estimate of drug-likeness (QED) is 0.407. The van der Waals surface area contributed by atoms with E-state index in [1.54, 1.807) is 41.8 Å². The third-order valence-electron chi connectivity index (χ3n) is 3.94. The van der Waals surface area contributed by atoms with Crippen LogP contribution in [0.2, 0.25) is 0 Å². The number of halogens is 1. The molecule has 10 heteroatoms. The number of carbonyl (C=O) groups is 3. The molecule has 0 fully saturated rings. The average Bonchev–Trinajstić information content (AvgIpc) is 3.20. The van der Waals surface area contributed by atoms with Crippen LogP contribution in [0.25, 0.3) is 11.3 Å². The zero-order valence-electron chi connectivity index (χ0n) is 16.1. The lowest BCUT2D eigenvalue weighted by atomic mass is 10.2. The Kier molecular flexibility index (Phi) is 7.74. The van der Waals surface area contributed by atoms with E-state index in [0.717, 1.165) is 10.5 Å². The number of aliphatic carboxylic acids is 1. The number of hydrogen-bond acceptors (Lipinski definition) is 6. The Morgan fingerprint density at radius 3 is 2.55 bits per heavy atom. The summed E-state index contributed by atoms with van der Waals surface area (Å²) < 4.78 is 13.0. The first-order valence-electron chi connectivity index (χ1n) is 9.15. The van der Waals surface area contributed by atoms with Gasteiger partial charge in [0.1, 0.15) is 5.82 Å². The van der Waals surface area contributed by atoms with Crippen LogP contribution in [0.15, 0.2) is 58.8 Å². The predicted octanol–water partition coefficient (Wildman–Crippen LogP) is 4.48. The Balaban J connectivity index is 1.50. The second kappa shape index (κ2) is 10.7. The Hall–Kier alpha value is -3.24. The first-order valence-corrected chi connectivity index (χ1v) is 11.0. The summed E-state index contributed by atoms with van der Waals surface area (Å²) in [4.78, 5) is 39.7. The van der Waals surface area contributed by atoms with Gasteiger partial charge in [-0.15, -0.1) is 23.1 Å². The van der Waals surface area contributed by atoms with Crippen LogP contribution < -0.4 is 10.6 Å². The molecule has 0 spiro atoms. The molecule has 7 nitrogen and oxygen atoms in total. The van der Waals surface area contributed by atoms with Crippen molar-refractivity contribution in [2.24, 2.45) is 0 Å². The Morgan fingerprint density at radius 1 is 1.03 bits per heavy atom. The third kappa shape index (κ3) is 7.19.